The van der Waals surface area contributed by atoms with Gasteiger partial charge in [0.25, 0.3) is 5.91 Å². The van der Waals surface area contributed by atoms with Crippen molar-refractivity contribution in [1.82, 2.24) is 5.32 Å². The summed E-state index contributed by atoms with van der Waals surface area (Å²) >= 11 is 0. The van der Waals surface area contributed by atoms with E-state index in [2.05, 4.69) is 5.32 Å². The van der Waals surface area contributed by atoms with Gasteiger partial charge >= 0.3 is 5.97 Å². The topological polar surface area (TPSA) is 75.6 Å². The van der Waals surface area contributed by atoms with Crippen molar-refractivity contribution in [1.29, 1.82) is 0 Å². The first-order chi connectivity index (χ1) is 9.47. The van der Waals surface area contributed by atoms with Crippen LogP contribution in [0.4, 0.5) is 4.39 Å². The molecule has 108 valence electrons. The Morgan fingerprint density at radius 3 is 2.45 bits per heavy atom. The van der Waals surface area contributed by atoms with Gasteiger partial charge in [0, 0.05) is 0 Å². The minimum atomic E-state index is -1.03. The van der Waals surface area contributed by atoms with Crippen molar-refractivity contribution in [2.45, 2.75) is 31.9 Å². The number of aliphatic carboxylic acids is 1. The molecule has 6 heteroatoms. The Morgan fingerprint density at radius 2 is 1.95 bits per heavy atom. The number of rotatable bonds is 6. The Balaban J connectivity index is 1.91. The summed E-state index contributed by atoms with van der Waals surface area (Å²) in [5, 5.41) is 11.5. The fraction of sp³-hybridized carbons (Fsp3) is 0.429. The van der Waals surface area contributed by atoms with Gasteiger partial charge in [-0.15, -0.1) is 0 Å². The number of carboxylic acid groups (broad SMARTS) is 1. The summed E-state index contributed by atoms with van der Waals surface area (Å²) in [6.07, 6.45) is 0.774. The molecule has 1 aromatic carbocycles. The molecule has 5 nitrogen and oxygen atoms in total. The summed E-state index contributed by atoms with van der Waals surface area (Å²) in [6, 6.07) is 4.42. The molecule has 1 aliphatic rings. The second kappa shape index (κ2) is 5.90. The molecule has 2 rings (SSSR count). The van der Waals surface area contributed by atoms with E-state index < -0.39 is 29.8 Å². The van der Waals surface area contributed by atoms with E-state index in [1.807, 2.05) is 0 Å². The Kier molecular flexibility index (Phi) is 4.22. The molecule has 1 saturated carbocycles. The molecule has 2 atom stereocenters. The molecule has 0 heterocycles. The van der Waals surface area contributed by atoms with Crippen molar-refractivity contribution in [3.8, 4) is 5.75 Å². The van der Waals surface area contributed by atoms with Crippen LogP contribution >= 0.6 is 0 Å². The first-order valence-electron chi connectivity index (χ1n) is 6.43. The number of benzene rings is 1. The molecule has 1 aliphatic carbocycles. The summed E-state index contributed by atoms with van der Waals surface area (Å²) in [5.41, 5.74) is 0. The minimum absolute atomic E-state index is 0.00877. The quantitative estimate of drug-likeness (QED) is 0.830. The van der Waals surface area contributed by atoms with Crippen LogP contribution in [0.15, 0.2) is 24.3 Å². The number of carboxylic acids is 1. The lowest BCUT2D eigenvalue weighted by atomic mass is 10.2. The third-order valence-corrected chi connectivity index (χ3v) is 3.15. The molecule has 20 heavy (non-hydrogen) atoms. The highest BCUT2D eigenvalue weighted by Crippen LogP contribution is 2.32. The van der Waals surface area contributed by atoms with Crippen LogP contribution in [0.2, 0.25) is 0 Å². The zero-order chi connectivity index (χ0) is 14.7. The molecule has 0 bridgehead atoms. The second-order valence-electron chi connectivity index (χ2n) is 4.88. The highest BCUT2D eigenvalue weighted by atomic mass is 19.1. The van der Waals surface area contributed by atoms with Gasteiger partial charge in [0.2, 0.25) is 0 Å². The summed E-state index contributed by atoms with van der Waals surface area (Å²) in [6.45, 7) is 1.52. The molecule has 1 amide bonds. The maximum atomic E-state index is 12.7. The van der Waals surface area contributed by atoms with Gasteiger partial charge in [-0.3, -0.25) is 4.79 Å². The van der Waals surface area contributed by atoms with Gasteiger partial charge in [-0.05, 0) is 49.9 Å². The van der Waals surface area contributed by atoms with Crippen molar-refractivity contribution in [2.24, 2.45) is 5.92 Å². The highest BCUT2D eigenvalue weighted by molar-refractivity contribution is 5.86. The van der Waals surface area contributed by atoms with E-state index in [4.69, 9.17) is 9.84 Å². The summed E-state index contributed by atoms with van der Waals surface area (Å²) in [5.74, 6) is -1.56. The van der Waals surface area contributed by atoms with E-state index in [0.29, 0.717) is 5.75 Å². The normalized spacial score (nSPS) is 17.1. The van der Waals surface area contributed by atoms with Crippen LogP contribution in [0, 0.1) is 11.7 Å². The van der Waals surface area contributed by atoms with Gasteiger partial charge < -0.3 is 15.2 Å². The number of nitrogens with one attached hydrogen (secondary N) is 1. The van der Waals surface area contributed by atoms with Crippen LogP contribution in [0.5, 0.6) is 5.75 Å². The number of ether oxygens (including phenoxy) is 1. The van der Waals surface area contributed by atoms with Crippen LogP contribution in [-0.4, -0.2) is 29.1 Å². The maximum Gasteiger partial charge on any atom is 0.326 e. The van der Waals surface area contributed by atoms with Crippen molar-refractivity contribution < 1.29 is 23.8 Å². The van der Waals surface area contributed by atoms with Crippen molar-refractivity contribution >= 4 is 11.9 Å². The summed E-state index contributed by atoms with van der Waals surface area (Å²) in [7, 11) is 0. The van der Waals surface area contributed by atoms with Gasteiger partial charge in [-0.2, -0.15) is 0 Å². The number of hydrogen-bond acceptors (Lipinski definition) is 3. The van der Waals surface area contributed by atoms with Crippen LogP contribution in [0.3, 0.4) is 0 Å². The Bertz CT molecular complexity index is 498. The molecule has 0 spiro atoms. The number of hydrogen-bond donors (Lipinski definition) is 2. The van der Waals surface area contributed by atoms with E-state index >= 15 is 0 Å². The molecule has 0 aromatic heterocycles. The van der Waals surface area contributed by atoms with Gasteiger partial charge in [0.1, 0.15) is 17.6 Å². The predicted octanol–water partition coefficient (Wildman–Crippen LogP) is 1.57. The first kappa shape index (κ1) is 14.3. The number of amides is 1. The van der Waals surface area contributed by atoms with Crippen molar-refractivity contribution in [3.05, 3.63) is 30.1 Å². The SMILES string of the molecule is CC(Oc1ccc(F)cc1)C(=O)NC(C(=O)O)C1CC1. The zero-order valence-electron chi connectivity index (χ0n) is 11.0. The number of carbonyl (C=O) groups is 2. The lowest BCUT2D eigenvalue weighted by Crippen LogP contribution is -2.47. The second-order valence-corrected chi connectivity index (χ2v) is 4.88. The van der Waals surface area contributed by atoms with E-state index in [9.17, 15) is 14.0 Å². The van der Waals surface area contributed by atoms with E-state index in [1.165, 1.54) is 31.2 Å². The van der Waals surface area contributed by atoms with E-state index in [-0.39, 0.29) is 5.92 Å². The Morgan fingerprint density at radius 1 is 1.35 bits per heavy atom. The fourth-order valence-electron chi connectivity index (χ4n) is 1.85. The van der Waals surface area contributed by atoms with E-state index in [1.54, 1.807) is 0 Å². The highest BCUT2D eigenvalue weighted by Gasteiger charge is 2.38. The Hall–Kier alpha value is -2.11. The number of halogens is 1. The zero-order valence-corrected chi connectivity index (χ0v) is 11.0. The van der Waals surface area contributed by atoms with Crippen LogP contribution in [0.25, 0.3) is 0 Å². The lowest BCUT2D eigenvalue weighted by molar-refractivity contribution is -0.143. The largest absolute Gasteiger partial charge is 0.481 e. The average Bonchev–Trinajstić information content (AvgIpc) is 3.22. The van der Waals surface area contributed by atoms with Crippen LogP contribution in [-0.2, 0) is 9.59 Å². The van der Waals surface area contributed by atoms with Crippen LogP contribution in [0.1, 0.15) is 19.8 Å². The van der Waals surface area contributed by atoms with Crippen molar-refractivity contribution in [3.63, 3.8) is 0 Å². The van der Waals surface area contributed by atoms with Gasteiger partial charge in [0.15, 0.2) is 6.10 Å². The summed E-state index contributed by atoms with van der Waals surface area (Å²) < 4.78 is 18.1. The molecule has 0 saturated heterocycles. The molecule has 1 fully saturated rings. The predicted molar refractivity (Wildman–Crippen MR) is 68.8 cm³/mol. The third kappa shape index (κ3) is 3.69. The number of carbonyl (C=O) groups excluding carboxylic acids is 1. The van der Waals surface area contributed by atoms with Gasteiger partial charge in [0.05, 0.1) is 0 Å². The van der Waals surface area contributed by atoms with Crippen molar-refractivity contribution in [2.75, 3.05) is 0 Å². The molecule has 0 aliphatic heterocycles. The fourth-order valence-corrected chi connectivity index (χ4v) is 1.85. The molecular weight excluding hydrogens is 265 g/mol. The molecule has 0 radical (unpaired) electrons. The van der Waals surface area contributed by atoms with Gasteiger partial charge in [-0.25, -0.2) is 9.18 Å². The van der Waals surface area contributed by atoms with E-state index in [0.717, 1.165) is 12.8 Å². The smallest absolute Gasteiger partial charge is 0.326 e. The Labute approximate surface area is 115 Å². The molecule has 2 unspecified atom stereocenters. The monoisotopic (exact) mass is 281 g/mol. The standard InChI is InChI=1S/C14H16FNO4/c1-8(20-11-6-4-10(15)5-7-11)13(17)16-12(14(18)19)9-2-3-9/h4-9,12H,2-3H2,1H3,(H,16,17)(H,18,19). The lowest BCUT2D eigenvalue weighted by Gasteiger charge is -2.18. The minimum Gasteiger partial charge on any atom is -0.481 e. The first-order valence-corrected chi connectivity index (χ1v) is 6.43. The third-order valence-electron chi connectivity index (χ3n) is 3.15. The maximum absolute atomic E-state index is 12.7. The molecule has 2 N–H and O–H groups in total. The average molecular weight is 281 g/mol. The molecule has 1 aromatic rings. The van der Waals surface area contributed by atoms with Crippen LogP contribution < -0.4 is 10.1 Å². The van der Waals surface area contributed by atoms with Gasteiger partial charge in [-0.1, -0.05) is 0 Å². The molecular formula is C14H16FNO4. The summed E-state index contributed by atoms with van der Waals surface area (Å²) in [4.78, 5) is 22.9.